The second-order valence-corrected chi connectivity index (χ2v) is 7.38. The number of aliphatic hydroxyl groups excluding tert-OH is 1. The smallest absolute Gasteiger partial charge is 0.337 e. The van der Waals surface area contributed by atoms with Crippen LogP contribution in [0, 0.1) is 6.92 Å². The van der Waals surface area contributed by atoms with Gasteiger partial charge in [0.05, 0.1) is 43.4 Å². The van der Waals surface area contributed by atoms with Gasteiger partial charge in [-0.05, 0) is 37.3 Å². The normalized spacial score (nSPS) is 13.8. The number of carbonyl (C=O) groups excluding carboxylic acids is 2. The molecule has 0 radical (unpaired) electrons. The van der Waals surface area contributed by atoms with Crippen molar-refractivity contribution in [2.45, 2.75) is 6.92 Å². The topological polar surface area (TPSA) is 115 Å². The number of β-amino-alcohol motifs (C(OH)–C–C–N with tert-alkyl or cyclic N) is 1. The van der Waals surface area contributed by atoms with Gasteiger partial charge in [-0.1, -0.05) is 0 Å². The molecule has 2 aromatic heterocycles. The van der Waals surface area contributed by atoms with Crippen LogP contribution >= 0.6 is 0 Å². The van der Waals surface area contributed by atoms with Crippen LogP contribution in [0.5, 0.6) is 0 Å². The number of rotatable bonds is 7. The molecule has 1 amide bonds. The van der Waals surface area contributed by atoms with E-state index < -0.39 is 5.97 Å². The van der Waals surface area contributed by atoms with Crippen molar-refractivity contribution in [2.75, 3.05) is 32.1 Å². The van der Waals surface area contributed by atoms with E-state index in [9.17, 15) is 14.7 Å². The highest BCUT2D eigenvalue weighted by atomic mass is 16.5. The van der Waals surface area contributed by atoms with Gasteiger partial charge in [0, 0.05) is 36.7 Å². The lowest BCUT2D eigenvalue weighted by molar-refractivity contribution is -0.136. The third-order valence-corrected chi connectivity index (χ3v) is 5.45. The Balaban J connectivity index is 1.54. The summed E-state index contributed by atoms with van der Waals surface area (Å²) in [6, 6.07) is 9.25. The number of aliphatic hydroxyl groups is 1. The molecule has 10 heteroatoms. The quantitative estimate of drug-likeness (QED) is 0.536. The number of methoxy groups -OCH3 is 1. The monoisotopic (exact) mass is 436 g/mol. The first-order valence-corrected chi connectivity index (χ1v) is 10.1. The summed E-state index contributed by atoms with van der Waals surface area (Å²) in [5, 5.41) is 21.1. The fraction of sp³-hybridized carbons (Fsp3) is 0.273. The molecule has 0 spiro atoms. The summed E-state index contributed by atoms with van der Waals surface area (Å²) in [4.78, 5) is 26.2. The first-order chi connectivity index (χ1) is 15.4. The Bertz CT molecular complexity index is 1190. The van der Waals surface area contributed by atoms with E-state index in [4.69, 9.17) is 4.74 Å². The van der Waals surface area contributed by atoms with Crippen LogP contribution in [0.25, 0.3) is 16.9 Å². The SMILES string of the molecule is COC(=O)C1=C(Nc2ccc(-n3ccc(-c4cnn(C)c4C)n3)cc2)C(=O)N(CCO)C1. The van der Waals surface area contributed by atoms with Gasteiger partial charge in [-0.2, -0.15) is 10.2 Å². The average Bonchev–Trinajstić information content (AvgIpc) is 3.49. The van der Waals surface area contributed by atoms with Gasteiger partial charge in [-0.15, -0.1) is 0 Å². The highest BCUT2D eigenvalue weighted by molar-refractivity contribution is 6.08. The number of hydrogen-bond acceptors (Lipinski definition) is 7. The molecule has 3 heterocycles. The molecule has 0 bridgehead atoms. The zero-order valence-corrected chi connectivity index (χ0v) is 18.1. The van der Waals surface area contributed by atoms with Crippen molar-refractivity contribution < 1.29 is 19.4 Å². The molecule has 1 aliphatic heterocycles. The first kappa shape index (κ1) is 21.3. The standard InChI is InChI=1S/C22H24N6O4/c1-14-17(12-23-26(14)2)19-8-9-28(25-19)16-6-4-15(5-7-16)24-20-18(22(31)32-3)13-27(10-11-29)21(20)30/h4-9,12,24,29H,10-11,13H2,1-3H3. The van der Waals surface area contributed by atoms with Crippen molar-refractivity contribution in [3.8, 4) is 16.9 Å². The van der Waals surface area contributed by atoms with Crippen LogP contribution in [0.2, 0.25) is 0 Å². The largest absolute Gasteiger partial charge is 0.466 e. The first-order valence-electron chi connectivity index (χ1n) is 10.1. The molecule has 1 aliphatic rings. The van der Waals surface area contributed by atoms with E-state index in [1.54, 1.807) is 27.7 Å². The number of amides is 1. The molecule has 32 heavy (non-hydrogen) atoms. The van der Waals surface area contributed by atoms with Crippen molar-refractivity contribution >= 4 is 17.6 Å². The summed E-state index contributed by atoms with van der Waals surface area (Å²) in [6.45, 7) is 2.04. The Morgan fingerprint density at radius 2 is 2.00 bits per heavy atom. The van der Waals surface area contributed by atoms with Gasteiger partial charge in [-0.25, -0.2) is 9.48 Å². The number of carbonyl (C=O) groups is 2. The lowest BCUT2D eigenvalue weighted by Gasteiger charge is -2.15. The second-order valence-electron chi connectivity index (χ2n) is 7.38. The van der Waals surface area contributed by atoms with Gasteiger partial charge >= 0.3 is 5.97 Å². The number of aryl methyl sites for hydroxylation is 1. The third-order valence-electron chi connectivity index (χ3n) is 5.45. The molecule has 0 saturated heterocycles. The van der Waals surface area contributed by atoms with Gasteiger partial charge in [0.25, 0.3) is 5.91 Å². The fourth-order valence-electron chi connectivity index (χ4n) is 3.55. The maximum absolute atomic E-state index is 12.7. The van der Waals surface area contributed by atoms with E-state index >= 15 is 0 Å². The number of ether oxygens (including phenoxy) is 1. The number of benzene rings is 1. The molecule has 0 aliphatic carbocycles. The van der Waals surface area contributed by atoms with Crippen molar-refractivity contribution in [3.63, 3.8) is 0 Å². The van der Waals surface area contributed by atoms with E-state index in [0.29, 0.717) is 5.69 Å². The Kier molecular flexibility index (Phi) is 5.78. The van der Waals surface area contributed by atoms with Gasteiger partial charge in [0.1, 0.15) is 5.70 Å². The number of anilines is 1. The second kappa shape index (κ2) is 8.67. The molecule has 0 unspecified atom stereocenters. The molecular formula is C22H24N6O4. The van der Waals surface area contributed by atoms with E-state index in [0.717, 1.165) is 22.6 Å². The number of aromatic nitrogens is 4. The van der Waals surface area contributed by atoms with Gasteiger partial charge in [0.2, 0.25) is 0 Å². The molecule has 1 aromatic carbocycles. The summed E-state index contributed by atoms with van der Waals surface area (Å²) in [6.07, 6.45) is 3.66. The zero-order chi connectivity index (χ0) is 22.8. The van der Waals surface area contributed by atoms with Gasteiger partial charge < -0.3 is 20.1 Å². The number of esters is 1. The fourth-order valence-corrected chi connectivity index (χ4v) is 3.55. The van der Waals surface area contributed by atoms with Crippen molar-refractivity contribution in [3.05, 3.63) is 59.7 Å². The van der Waals surface area contributed by atoms with E-state index in [1.165, 1.54) is 12.0 Å². The lowest BCUT2D eigenvalue weighted by Crippen LogP contribution is -2.31. The van der Waals surface area contributed by atoms with E-state index in [2.05, 4.69) is 15.5 Å². The molecule has 0 saturated carbocycles. The molecule has 10 nitrogen and oxygen atoms in total. The minimum atomic E-state index is -0.576. The van der Waals surface area contributed by atoms with E-state index in [-0.39, 0.29) is 36.9 Å². The summed E-state index contributed by atoms with van der Waals surface area (Å²) in [5.41, 5.74) is 4.70. The highest BCUT2D eigenvalue weighted by Crippen LogP contribution is 2.25. The zero-order valence-electron chi connectivity index (χ0n) is 18.1. The Hall–Kier alpha value is -3.92. The molecule has 166 valence electrons. The number of nitrogens with zero attached hydrogens (tertiary/aromatic N) is 5. The molecule has 0 atom stereocenters. The Morgan fingerprint density at radius 3 is 2.62 bits per heavy atom. The third kappa shape index (κ3) is 3.87. The van der Waals surface area contributed by atoms with Gasteiger partial charge in [0.15, 0.2) is 0 Å². The van der Waals surface area contributed by atoms with Crippen LogP contribution in [0.15, 0.2) is 54.0 Å². The number of hydrogen-bond donors (Lipinski definition) is 2. The van der Waals surface area contributed by atoms with Crippen LogP contribution in [0.1, 0.15) is 5.69 Å². The van der Waals surface area contributed by atoms with Crippen LogP contribution < -0.4 is 5.32 Å². The molecule has 2 N–H and O–H groups in total. The van der Waals surface area contributed by atoms with Crippen molar-refractivity contribution in [1.82, 2.24) is 24.5 Å². The minimum Gasteiger partial charge on any atom is -0.466 e. The summed E-state index contributed by atoms with van der Waals surface area (Å²) in [5.74, 6) is -0.931. The summed E-state index contributed by atoms with van der Waals surface area (Å²) >= 11 is 0. The molecular weight excluding hydrogens is 412 g/mol. The van der Waals surface area contributed by atoms with Gasteiger partial charge in [-0.3, -0.25) is 9.48 Å². The average molecular weight is 436 g/mol. The maximum Gasteiger partial charge on any atom is 0.337 e. The highest BCUT2D eigenvalue weighted by Gasteiger charge is 2.34. The molecule has 3 aromatic rings. The summed E-state index contributed by atoms with van der Waals surface area (Å²) in [7, 11) is 3.16. The van der Waals surface area contributed by atoms with E-state index in [1.807, 2.05) is 38.4 Å². The lowest BCUT2D eigenvalue weighted by atomic mass is 10.2. The molecule has 4 rings (SSSR count). The predicted molar refractivity (Wildman–Crippen MR) is 117 cm³/mol. The molecule has 0 fully saturated rings. The predicted octanol–water partition coefficient (Wildman–Crippen LogP) is 1.25. The van der Waals surface area contributed by atoms with Crippen LogP contribution in [-0.2, 0) is 21.4 Å². The minimum absolute atomic E-state index is 0.0936. The number of nitrogens with one attached hydrogen (secondary N) is 1. The van der Waals surface area contributed by atoms with Crippen LogP contribution in [-0.4, -0.2) is 68.3 Å². The Labute approximate surface area is 184 Å². The van der Waals surface area contributed by atoms with Crippen LogP contribution in [0.3, 0.4) is 0 Å². The Morgan fingerprint density at radius 1 is 1.25 bits per heavy atom. The maximum atomic E-state index is 12.7. The van der Waals surface area contributed by atoms with Crippen molar-refractivity contribution in [1.29, 1.82) is 0 Å². The van der Waals surface area contributed by atoms with Crippen molar-refractivity contribution in [2.24, 2.45) is 7.05 Å². The van der Waals surface area contributed by atoms with Crippen LogP contribution in [0.4, 0.5) is 5.69 Å². The summed E-state index contributed by atoms with van der Waals surface area (Å²) < 4.78 is 8.37.